The molecule has 0 N–H and O–H groups in total. The number of carbonyl (C=O) groups is 1. The Morgan fingerprint density at radius 2 is 2.29 bits per heavy atom. The predicted octanol–water partition coefficient (Wildman–Crippen LogP) is 2.59. The number of rotatable bonds is 1. The van der Waals surface area contributed by atoms with E-state index in [9.17, 15) is 4.79 Å². The van der Waals surface area contributed by atoms with Crippen molar-refractivity contribution >= 4 is 21.7 Å². The molecule has 0 heterocycles. The first-order valence-electron chi connectivity index (χ1n) is 4.58. The van der Waals surface area contributed by atoms with Crippen molar-refractivity contribution in [3.8, 4) is 5.75 Å². The van der Waals surface area contributed by atoms with E-state index in [4.69, 9.17) is 4.74 Å². The molecule has 1 aliphatic rings. The van der Waals surface area contributed by atoms with Gasteiger partial charge in [-0.3, -0.25) is 4.79 Å². The SMILES string of the molecule is COc1cccc2c1C(=O)[C@H](Br)CC2. The van der Waals surface area contributed by atoms with Crippen LogP contribution in [0.15, 0.2) is 18.2 Å². The molecule has 2 nitrogen and oxygen atoms in total. The first-order chi connectivity index (χ1) is 6.74. The van der Waals surface area contributed by atoms with Gasteiger partial charge in [0.2, 0.25) is 0 Å². The second kappa shape index (κ2) is 3.73. The van der Waals surface area contributed by atoms with Crippen LogP contribution in [0.3, 0.4) is 0 Å². The van der Waals surface area contributed by atoms with E-state index >= 15 is 0 Å². The highest BCUT2D eigenvalue weighted by Crippen LogP contribution is 2.31. The van der Waals surface area contributed by atoms with Crippen molar-refractivity contribution in [2.24, 2.45) is 0 Å². The molecule has 0 bridgehead atoms. The highest BCUT2D eigenvalue weighted by Gasteiger charge is 2.27. The maximum absolute atomic E-state index is 11.9. The molecule has 2 rings (SSSR count). The van der Waals surface area contributed by atoms with Crippen molar-refractivity contribution in [3.63, 3.8) is 0 Å². The van der Waals surface area contributed by atoms with E-state index in [-0.39, 0.29) is 10.6 Å². The van der Waals surface area contributed by atoms with E-state index in [0.717, 1.165) is 24.0 Å². The number of ether oxygens (including phenoxy) is 1. The number of halogens is 1. The summed E-state index contributed by atoms with van der Waals surface area (Å²) < 4.78 is 5.19. The molecule has 0 aliphatic heterocycles. The monoisotopic (exact) mass is 254 g/mol. The van der Waals surface area contributed by atoms with Gasteiger partial charge in [-0.25, -0.2) is 0 Å². The molecule has 14 heavy (non-hydrogen) atoms. The van der Waals surface area contributed by atoms with Gasteiger partial charge in [0.15, 0.2) is 5.78 Å². The Morgan fingerprint density at radius 1 is 1.50 bits per heavy atom. The van der Waals surface area contributed by atoms with Crippen LogP contribution in [0.5, 0.6) is 5.75 Å². The molecule has 0 fully saturated rings. The molecule has 74 valence electrons. The Labute approximate surface area is 91.4 Å². The lowest BCUT2D eigenvalue weighted by Gasteiger charge is -2.20. The zero-order valence-electron chi connectivity index (χ0n) is 7.92. The van der Waals surface area contributed by atoms with E-state index < -0.39 is 0 Å². The van der Waals surface area contributed by atoms with Gasteiger partial charge < -0.3 is 4.74 Å². The summed E-state index contributed by atoms with van der Waals surface area (Å²) in [5.41, 5.74) is 1.85. The molecule has 1 atom stereocenters. The van der Waals surface area contributed by atoms with Gasteiger partial charge >= 0.3 is 0 Å². The van der Waals surface area contributed by atoms with Crippen LogP contribution in [0.4, 0.5) is 0 Å². The molecule has 0 saturated heterocycles. The number of methoxy groups -OCH3 is 1. The molecule has 0 saturated carbocycles. The average molecular weight is 255 g/mol. The van der Waals surface area contributed by atoms with Gasteiger partial charge in [-0.15, -0.1) is 0 Å². The van der Waals surface area contributed by atoms with Crippen molar-refractivity contribution in [3.05, 3.63) is 29.3 Å². The Morgan fingerprint density at radius 3 is 3.00 bits per heavy atom. The zero-order chi connectivity index (χ0) is 10.1. The van der Waals surface area contributed by atoms with Crippen LogP contribution in [0.1, 0.15) is 22.3 Å². The fourth-order valence-electron chi connectivity index (χ4n) is 1.80. The Bertz CT molecular complexity index is 359. The molecule has 0 unspecified atom stereocenters. The molecule has 0 spiro atoms. The molecule has 1 aromatic rings. The molecule has 1 aliphatic carbocycles. The highest BCUT2D eigenvalue weighted by molar-refractivity contribution is 9.10. The first-order valence-corrected chi connectivity index (χ1v) is 5.49. The van der Waals surface area contributed by atoms with Crippen LogP contribution in [-0.2, 0) is 6.42 Å². The van der Waals surface area contributed by atoms with Crippen molar-refractivity contribution in [1.29, 1.82) is 0 Å². The minimum Gasteiger partial charge on any atom is -0.496 e. The van der Waals surface area contributed by atoms with Crippen LogP contribution in [0, 0.1) is 0 Å². The summed E-state index contributed by atoms with van der Waals surface area (Å²) in [4.78, 5) is 11.8. The minimum absolute atomic E-state index is 0.0497. The summed E-state index contributed by atoms with van der Waals surface area (Å²) >= 11 is 3.38. The van der Waals surface area contributed by atoms with E-state index in [1.807, 2.05) is 18.2 Å². The third-order valence-corrected chi connectivity index (χ3v) is 3.40. The van der Waals surface area contributed by atoms with Crippen molar-refractivity contribution in [2.75, 3.05) is 7.11 Å². The minimum atomic E-state index is -0.0497. The van der Waals surface area contributed by atoms with Gasteiger partial charge in [-0.2, -0.15) is 0 Å². The second-order valence-electron chi connectivity index (χ2n) is 3.36. The van der Waals surface area contributed by atoms with Crippen molar-refractivity contribution < 1.29 is 9.53 Å². The van der Waals surface area contributed by atoms with Crippen molar-refractivity contribution in [1.82, 2.24) is 0 Å². The second-order valence-corrected chi connectivity index (χ2v) is 4.47. The maximum atomic E-state index is 11.9. The van der Waals surface area contributed by atoms with Gasteiger partial charge in [0.25, 0.3) is 0 Å². The number of ketones is 1. The van der Waals surface area contributed by atoms with Gasteiger partial charge in [-0.1, -0.05) is 28.1 Å². The van der Waals surface area contributed by atoms with Gasteiger partial charge in [0, 0.05) is 0 Å². The summed E-state index contributed by atoms with van der Waals surface area (Å²) in [6.07, 6.45) is 1.81. The van der Waals surface area contributed by atoms with Crippen LogP contribution in [0.25, 0.3) is 0 Å². The lowest BCUT2D eigenvalue weighted by atomic mass is 9.90. The van der Waals surface area contributed by atoms with E-state index in [0.29, 0.717) is 5.75 Å². The van der Waals surface area contributed by atoms with Crippen LogP contribution in [-0.4, -0.2) is 17.7 Å². The number of hydrogen-bond acceptors (Lipinski definition) is 2. The summed E-state index contributed by atoms with van der Waals surface area (Å²) in [5, 5.41) is 0. The summed E-state index contributed by atoms with van der Waals surface area (Å²) in [7, 11) is 1.60. The summed E-state index contributed by atoms with van der Waals surface area (Å²) in [6.45, 7) is 0. The van der Waals surface area contributed by atoms with Gasteiger partial charge in [0.1, 0.15) is 5.75 Å². The molecule has 0 amide bonds. The summed E-state index contributed by atoms with van der Waals surface area (Å²) in [6, 6.07) is 5.76. The third-order valence-electron chi connectivity index (χ3n) is 2.53. The van der Waals surface area contributed by atoms with Crippen LogP contribution in [0.2, 0.25) is 0 Å². The van der Waals surface area contributed by atoms with E-state index in [1.165, 1.54) is 0 Å². The fraction of sp³-hybridized carbons (Fsp3) is 0.364. The van der Waals surface area contributed by atoms with Crippen LogP contribution < -0.4 is 4.74 Å². The number of fused-ring (bicyclic) bond motifs is 1. The van der Waals surface area contributed by atoms with Crippen molar-refractivity contribution in [2.45, 2.75) is 17.7 Å². The zero-order valence-corrected chi connectivity index (χ0v) is 9.50. The molecule has 3 heteroatoms. The van der Waals surface area contributed by atoms with Gasteiger partial charge in [-0.05, 0) is 24.5 Å². The fourth-order valence-corrected chi connectivity index (χ4v) is 2.26. The quantitative estimate of drug-likeness (QED) is 0.721. The normalized spacial score (nSPS) is 20.4. The number of Topliss-reactive ketones (excluding diaryl/α,β-unsaturated/α-hetero) is 1. The Balaban J connectivity index is 2.55. The number of aryl methyl sites for hydroxylation is 1. The molecule has 1 aromatic carbocycles. The Hall–Kier alpha value is -0.830. The molecule has 0 aromatic heterocycles. The Kier molecular flexibility index (Phi) is 2.59. The topological polar surface area (TPSA) is 26.3 Å². The van der Waals surface area contributed by atoms with E-state index in [1.54, 1.807) is 7.11 Å². The average Bonchev–Trinajstić information content (AvgIpc) is 2.23. The standard InChI is InChI=1S/C11H11BrO2/c1-14-9-4-2-3-7-5-6-8(12)11(13)10(7)9/h2-4,8H,5-6H2,1H3/t8-/m1/s1. The number of benzene rings is 1. The smallest absolute Gasteiger partial charge is 0.180 e. The molecular formula is C11H11BrO2. The lowest BCUT2D eigenvalue weighted by molar-refractivity contribution is 0.0978. The largest absolute Gasteiger partial charge is 0.496 e. The van der Waals surface area contributed by atoms with Gasteiger partial charge in [0.05, 0.1) is 17.5 Å². The predicted molar refractivity (Wildman–Crippen MR) is 58.4 cm³/mol. The molecule has 0 radical (unpaired) electrons. The third kappa shape index (κ3) is 1.46. The number of carbonyl (C=O) groups excluding carboxylic acids is 1. The molecular weight excluding hydrogens is 244 g/mol. The van der Waals surface area contributed by atoms with Crippen LogP contribution >= 0.6 is 15.9 Å². The maximum Gasteiger partial charge on any atom is 0.180 e. The highest BCUT2D eigenvalue weighted by atomic mass is 79.9. The van der Waals surface area contributed by atoms with E-state index in [2.05, 4.69) is 15.9 Å². The summed E-state index contributed by atoms with van der Waals surface area (Å²) in [5.74, 6) is 0.834. The number of hydrogen-bond donors (Lipinski definition) is 0. The number of alkyl halides is 1. The lowest BCUT2D eigenvalue weighted by Crippen LogP contribution is -2.23. The first kappa shape index (κ1) is 9.71.